The van der Waals surface area contributed by atoms with Gasteiger partial charge in [-0.1, -0.05) is 19.4 Å². The van der Waals surface area contributed by atoms with Gasteiger partial charge in [-0.3, -0.25) is 19.6 Å². The largest absolute Gasteiger partial charge is 0.481 e. The maximum atomic E-state index is 12.2. The molecule has 6 heteroatoms. The van der Waals surface area contributed by atoms with Crippen LogP contribution in [0.15, 0.2) is 30.6 Å². The van der Waals surface area contributed by atoms with Crippen LogP contribution in [-0.4, -0.2) is 33.5 Å². The maximum Gasteiger partial charge on any atom is 0.303 e. The number of nitrogens with one attached hydrogen (secondary N) is 1. The molecule has 0 aliphatic rings. The summed E-state index contributed by atoms with van der Waals surface area (Å²) in [5.41, 5.74) is 1.65. The fraction of sp³-hybridized carbons (Fsp3) is 0.333. The van der Waals surface area contributed by atoms with Crippen LogP contribution in [0, 0.1) is 5.92 Å². The van der Waals surface area contributed by atoms with E-state index in [9.17, 15) is 9.59 Å². The molecule has 0 saturated heterocycles. The van der Waals surface area contributed by atoms with Crippen molar-refractivity contribution >= 4 is 22.9 Å². The molecule has 0 bridgehead atoms. The Labute approximate surface area is 122 Å². The Bertz CT molecular complexity index is 652. The number of carbonyl (C=O) groups is 2. The number of para-hydroxylation sites is 1. The van der Waals surface area contributed by atoms with Crippen LogP contribution in [0.25, 0.3) is 11.0 Å². The number of rotatable bonds is 6. The van der Waals surface area contributed by atoms with Crippen molar-refractivity contribution in [1.82, 2.24) is 15.3 Å². The second-order valence-corrected chi connectivity index (χ2v) is 4.81. The van der Waals surface area contributed by atoms with Crippen LogP contribution in [0.4, 0.5) is 0 Å². The predicted octanol–water partition coefficient (Wildman–Crippen LogP) is 1.86. The van der Waals surface area contributed by atoms with Gasteiger partial charge in [0.25, 0.3) is 5.91 Å². The van der Waals surface area contributed by atoms with Gasteiger partial charge in [0, 0.05) is 25.4 Å². The molecule has 1 aromatic heterocycles. The average molecular weight is 287 g/mol. The van der Waals surface area contributed by atoms with Crippen LogP contribution in [0.3, 0.4) is 0 Å². The van der Waals surface area contributed by atoms with Crippen molar-refractivity contribution in [3.05, 3.63) is 36.2 Å². The Morgan fingerprint density at radius 2 is 2.05 bits per heavy atom. The third kappa shape index (κ3) is 3.75. The van der Waals surface area contributed by atoms with Gasteiger partial charge in [0.2, 0.25) is 0 Å². The van der Waals surface area contributed by atoms with Gasteiger partial charge in [-0.05, 0) is 18.1 Å². The normalized spacial score (nSPS) is 12.0. The van der Waals surface area contributed by atoms with E-state index < -0.39 is 5.97 Å². The summed E-state index contributed by atoms with van der Waals surface area (Å²) in [6.07, 6.45) is 3.86. The topological polar surface area (TPSA) is 92.2 Å². The summed E-state index contributed by atoms with van der Waals surface area (Å²) in [5.74, 6) is -1.19. The molecule has 1 unspecified atom stereocenters. The van der Waals surface area contributed by atoms with E-state index in [1.54, 1.807) is 30.6 Å². The standard InChI is InChI=1S/C15H17N3O3/c1-2-10(8-13(19)20)9-18-15(21)11-4-3-5-12-14(11)17-7-6-16-12/h3-7,10H,2,8-9H2,1H3,(H,18,21)(H,19,20). The lowest BCUT2D eigenvalue weighted by atomic mass is 10.0. The fourth-order valence-corrected chi connectivity index (χ4v) is 2.12. The molecule has 2 rings (SSSR count). The summed E-state index contributed by atoms with van der Waals surface area (Å²) in [4.78, 5) is 31.3. The van der Waals surface area contributed by atoms with Gasteiger partial charge in [0.1, 0.15) is 5.52 Å². The number of carboxylic acids is 1. The van der Waals surface area contributed by atoms with Gasteiger partial charge in [0.05, 0.1) is 11.1 Å². The van der Waals surface area contributed by atoms with Gasteiger partial charge in [-0.25, -0.2) is 0 Å². The second-order valence-electron chi connectivity index (χ2n) is 4.81. The first kappa shape index (κ1) is 14.9. The summed E-state index contributed by atoms with van der Waals surface area (Å²) >= 11 is 0. The summed E-state index contributed by atoms with van der Waals surface area (Å²) in [7, 11) is 0. The number of aliphatic carboxylic acids is 1. The van der Waals surface area contributed by atoms with Crippen molar-refractivity contribution in [2.45, 2.75) is 19.8 Å². The van der Waals surface area contributed by atoms with Crippen LogP contribution >= 0.6 is 0 Å². The number of aromatic nitrogens is 2. The SMILES string of the molecule is CCC(CNC(=O)c1cccc2nccnc12)CC(=O)O. The number of carbonyl (C=O) groups excluding carboxylic acids is 1. The van der Waals surface area contributed by atoms with Crippen LogP contribution in [0.5, 0.6) is 0 Å². The Morgan fingerprint density at radius 1 is 1.29 bits per heavy atom. The fourth-order valence-electron chi connectivity index (χ4n) is 2.12. The molecule has 0 spiro atoms. The molecule has 6 nitrogen and oxygen atoms in total. The molecule has 1 heterocycles. The smallest absolute Gasteiger partial charge is 0.303 e. The zero-order valence-corrected chi connectivity index (χ0v) is 11.7. The maximum absolute atomic E-state index is 12.2. The number of fused-ring (bicyclic) bond motifs is 1. The molecule has 1 aromatic carbocycles. The zero-order chi connectivity index (χ0) is 15.2. The Morgan fingerprint density at radius 3 is 2.76 bits per heavy atom. The highest BCUT2D eigenvalue weighted by atomic mass is 16.4. The monoisotopic (exact) mass is 287 g/mol. The zero-order valence-electron chi connectivity index (χ0n) is 11.7. The lowest BCUT2D eigenvalue weighted by molar-refractivity contribution is -0.138. The first-order chi connectivity index (χ1) is 10.1. The minimum Gasteiger partial charge on any atom is -0.481 e. The van der Waals surface area contributed by atoms with Gasteiger partial charge >= 0.3 is 5.97 Å². The third-order valence-corrected chi connectivity index (χ3v) is 3.34. The minimum atomic E-state index is -0.855. The number of amides is 1. The Balaban J connectivity index is 2.10. The number of hydrogen-bond donors (Lipinski definition) is 2. The lowest BCUT2D eigenvalue weighted by Gasteiger charge is -2.13. The molecular formula is C15H17N3O3. The molecular weight excluding hydrogens is 270 g/mol. The Hall–Kier alpha value is -2.50. The molecule has 0 saturated carbocycles. The van der Waals surface area contributed by atoms with E-state index in [2.05, 4.69) is 15.3 Å². The van der Waals surface area contributed by atoms with Gasteiger partial charge in [-0.15, -0.1) is 0 Å². The van der Waals surface area contributed by atoms with E-state index in [-0.39, 0.29) is 18.2 Å². The molecule has 0 radical (unpaired) electrons. The number of carboxylic acid groups (broad SMARTS) is 1. The predicted molar refractivity (Wildman–Crippen MR) is 77.9 cm³/mol. The molecule has 21 heavy (non-hydrogen) atoms. The molecule has 110 valence electrons. The number of benzene rings is 1. The summed E-state index contributed by atoms with van der Waals surface area (Å²) in [5, 5.41) is 11.6. The van der Waals surface area contributed by atoms with Crippen molar-refractivity contribution in [1.29, 1.82) is 0 Å². The second kappa shape index (κ2) is 6.78. The molecule has 1 amide bonds. The van der Waals surface area contributed by atoms with E-state index in [4.69, 9.17) is 5.11 Å². The van der Waals surface area contributed by atoms with Crippen molar-refractivity contribution in [3.63, 3.8) is 0 Å². The molecule has 2 N–H and O–H groups in total. The third-order valence-electron chi connectivity index (χ3n) is 3.34. The van der Waals surface area contributed by atoms with Crippen molar-refractivity contribution in [2.24, 2.45) is 5.92 Å². The summed E-state index contributed by atoms with van der Waals surface area (Å²) in [6, 6.07) is 5.23. The quantitative estimate of drug-likeness (QED) is 0.846. The van der Waals surface area contributed by atoms with E-state index in [1.807, 2.05) is 6.92 Å². The van der Waals surface area contributed by atoms with Crippen LogP contribution < -0.4 is 5.32 Å². The van der Waals surface area contributed by atoms with Crippen LogP contribution in [-0.2, 0) is 4.79 Å². The molecule has 2 aromatic rings. The highest BCUT2D eigenvalue weighted by Crippen LogP contribution is 2.14. The van der Waals surface area contributed by atoms with E-state index >= 15 is 0 Å². The Kier molecular flexibility index (Phi) is 4.81. The van der Waals surface area contributed by atoms with Gasteiger partial charge in [-0.2, -0.15) is 0 Å². The van der Waals surface area contributed by atoms with Crippen LogP contribution in [0.1, 0.15) is 30.1 Å². The highest BCUT2D eigenvalue weighted by Gasteiger charge is 2.15. The van der Waals surface area contributed by atoms with Crippen LogP contribution in [0.2, 0.25) is 0 Å². The van der Waals surface area contributed by atoms with E-state index in [0.717, 1.165) is 0 Å². The van der Waals surface area contributed by atoms with Gasteiger partial charge < -0.3 is 10.4 Å². The molecule has 0 aliphatic heterocycles. The summed E-state index contributed by atoms with van der Waals surface area (Å²) < 4.78 is 0. The number of nitrogens with zero attached hydrogens (tertiary/aromatic N) is 2. The van der Waals surface area contributed by atoms with Gasteiger partial charge in [0.15, 0.2) is 0 Å². The highest BCUT2D eigenvalue weighted by molar-refractivity contribution is 6.04. The average Bonchev–Trinajstić information content (AvgIpc) is 2.50. The molecule has 0 aliphatic carbocycles. The molecule has 0 fully saturated rings. The van der Waals surface area contributed by atoms with Crippen molar-refractivity contribution < 1.29 is 14.7 Å². The van der Waals surface area contributed by atoms with Crippen molar-refractivity contribution in [2.75, 3.05) is 6.54 Å². The minimum absolute atomic E-state index is 0.0477. The first-order valence-corrected chi connectivity index (χ1v) is 6.81. The lowest BCUT2D eigenvalue weighted by Crippen LogP contribution is -2.30. The first-order valence-electron chi connectivity index (χ1n) is 6.81. The van der Waals surface area contributed by atoms with E-state index in [1.165, 1.54) is 0 Å². The summed E-state index contributed by atoms with van der Waals surface area (Å²) in [6.45, 7) is 2.24. The van der Waals surface area contributed by atoms with Crippen molar-refractivity contribution in [3.8, 4) is 0 Å². The van der Waals surface area contributed by atoms with E-state index in [0.29, 0.717) is 29.6 Å². The number of hydrogen-bond acceptors (Lipinski definition) is 4. The molecule has 1 atom stereocenters.